The van der Waals surface area contributed by atoms with E-state index in [2.05, 4.69) is 15.2 Å². The zero-order valence-corrected chi connectivity index (χ0v) is 17.0. The van der Waals surface area contributed by atoms with Gasteiger partial charge in [-0.25, -0.2) is 4.79 Å². The number of hydrogen-bond donors (Lipinski definition) is 1. The molecule has 0 aromatic heterocycles. The van der Waals surface area contributed by atoms with Gasteiger partial charge in [0.05, 0.1) is 6.21 Å². The summed E-state index contributed by atoms with van der Waals surface area (Å²) >= 11 is 0. The second kappa shape index (κ2) is 8.58. The summed E-state index contributed by atoms with van der Waals surface area (Å²) in [4.78, 5) is 25.3. The summed E-state index contributed by atoms with van der Waals surface area (Å²) in [5.41, 5.74) is 1.86. The Balaban J connectivity index is 1.49. The molecule has 3 amide bonds. The van der Waals surface area contributed by atoms with E-state index in [0.717, 1.165) is 16.1 Å². The van der Waals surface area contributed by atoms with Crippen LogP contribution in [0.15, 0.2) is 84.0 Å². The molecule has 0 bridgehead atoms. The van der Waals surface area contributed by atoms with Gasteiger partial charge in [-0.2, -0.15) is 13.9 Å². The van der Waals surface area contributed by atoms with Crippen molar-refractivity contribution in [1.29, 1.82) is 0 Å². The van der Waals surface area contributed by atoms with Gasteiger partial charge in [-0.15, -0.1) is 5.01 Å². The first-order valence-electron chi connectivity index (χ1n) is 9.78. The quantitative estimate of drug-likeness (QED) is 0.449. The van der Waals surface area contributed by atoms with Crippen LogP contribution in [-0.2, 0) is 10.3 Å². The molecule has 6 nitrogen and oxygen atoms in total. The van der Waals surface area contributed by atoms with Crippen LogP contribution < -0.4 is 10.1 Å². The molecule has 1 fully saturated rings. The van der Waals surface area contributed by atoms with Crippen molar-refractivity contribution in [2.45, 2.75) is 19.1 Å². The van der Waals surface area contributed by atoms with Gasteiger partial charge in [0.15, 0.2) is 0 Å². The summed E-state index contributed by atoms with van der Waals surface area (Å²) in [6.45, 7) is -1.42. The normalized spacial score (nSPS) is 18.4. The predicted molar refractivity (Wildman–Crippen MR) is 115 cm³/mol. The minimum absolute atomic E-state index is 0.0436. The van der Waals surface area contributed by atoms with Crippen molar-refractivity contribution in [3.8, 4) is 16.9 Å². The van der Waals surface area contributed by atoms with E-state index in [1.807, 2.05) is 54.6 Å². The number of rotatable bonds is 6. The van der Waals surface area contributed by atoms with E-state index in [1.54, 1.807) is 0 Å². The lowest BCUT2D eigenvalue weighted by atomic mass is 9.92. The topological polar surface area (TPSA) is 71.0 Å². The van der Waals surface area contributed by atoms with Crippen LogP contribution in [0.3, 0.4) is 0 Å². The number of amides is 3. The SMILES string of the molecule is CC1(c2ccc(OC(F)F)cc2)NC(=O)N(/N=C/c2ccc(-c3ccccc3)cc2)C1=O. The van der Waals surface area contributed by atoms with Crippen molar-refractivity contribution in [1.82, 2.24) is 10.3 Å². The number of benzene rings is 3. The fourth-order valence-electron chi connectivity index (χ4n) is 3.41. The average molecular weight is 435 g/mol. The third-order valence-electron chi connectivity index (χ3n) is 5.17. The lowest BCUT2D eigenvalue weighted by molar-refractivity contribution is -0.131. The van der Waals surface area contributed by atoms with Crippen molar-refractivity contribution in [2.75, 3.05) is 0 Å². The maximum Gasteiger partial charge on any atom is 0.387 e. The molecule has 0 spiro atoms. The molecule has 3 aromatic rings. The Morgan fingerprint density at radius 3 is 2.19 bits per heavy atom. The van der Waals surface area contributed by atoms with Crippen LogP contribution in [0.25, 0.3) is 11.1 Å². The van der Waals surface area contributed by atoms with Crippen molar-refractivity contribution in [2.24, 2.45) is 5.10 Å². The maximum atomic E-state index is 12.9. The molecule has 1 saturated heterocycles. The van der Waals surface area contributed by atoms with Crippen molar-refractivity contribution >= 4 is 18.2 Å². The number of nitrogens with zero attached hydrogens (tertiary/aromatic N) is 2. The number of halogens is 2. The number of carbonyl (C=O) groups excluding carboxylic acids is 2. The molecule has 8 heteroatoms. The summed E-state index contributed by atoms with van der Waals surface area (Å²) in [7, 11) is 0. The number of ether oxygens (including phenoxy) is 1. The van der Waals surface area contributed by atoms with Gasteiger partial charge >= 0.3 is 12.6 Å². The fraction of sp³-hybridized carbons (Fsp3) is 0.125. The number of urea groups is 1. The Hall–Kier alpha value is -4.07. The molecule has 32 heavy (non-hydrogen) atoms. The molecule has 0 saturated carbocycles. The van der Waals surface area contributed by atoms with E-state index < -0.39 is 24.1 Å². The van der Waals surface area contributed by atoms with E-state index in [1.165, 1.54) is 37.4 Å². The summed E-state index contributed by atoms with van der Waals surface area (Å²) in [6, 6.07) is 22.2. The van der Waals surface area contributed by atoms with Crippen LogP contribution in [0, 0.1) is 0 Å². The third kappa shape index (κ3) is 4.20. The molecule has 0 radical (unpaired) electrons. The molecular weight excluding hydrogens is 416 g/mol. The third-order valence-corrected chi connectivity index (χ3v) is 5.17. The Labute approximate surface area is 183 Å². The molecular formula is C24H19F2N3O3. The van der Waals surface area contributed by atoms with Crippen LogP contribution in [0.4, 0.5) is 13.6 Å². The largest absolute Gasteiger partial charge is 0.435 e. The molecule has 1 aliphatic heterocycles. The van der Waals surface area contributed by atoms with Gasteiger partial charge in [-0.05, 0) is 41.3 Å². The first-order valence-corrected chi connectivity index (χ1v) is 9.78. The number of carbonyl (C=O) groups is 2. The highest BCUT2D eigenvalue weighted by Gasteiger charge is 2.49. The Bertz CT molecular complexity index is 1150. The summed E-state index contributed by atoms with van der Waals surface area (Å²) in [5.74, 6) is -0.625. The molecule has 4 rings (SSSR count). The second-order valence-electron chi connectivity index (χ2n) is 7.31. The standard InChI is InChI=1S/C24H19F2N3O3/c1-24(19-11-13-20(14-12-19)32-22(25)26)21(30)29(23(31)28-24)27-15-16-7-9-18(10-8-16)17-5-3-2-4-6-17/h2-15,22H,1H3,(H,28,31)/b27-15+. The van der Waals surface area contributed by atoms with Crippen LogP contribution in [0.1, 0.15) is 18.1 Å². The lowest BCUT2D eigenvalue weighted by Gasteiger charge is -2.21. The maximum absolute atomic E-state index is 12.9. The van der Waals surface area contributed by atoms with E-state index >= 15 is 0 Å². The van der Waals surface area contributed by atoms with Gasteiger partial charge in [-0.3, -0.25) is 4.79 Å². The molecule has 1 unspecified atom stereocenters. The minimum atomic E-state index is -2.95. The van der Waals surface area contributed by atoms with Gasteiger partial charge in [0.2, 0.25) is 0 Å². The number of nitrogens with one attached hydrogen (secondary N) is 1. The van der Waals surface area contributed by atoms with E-state index in [9.17, 15) is 18.4 Å². The highest BCUT2D eigenvalue weighted by molar-refractivity contribution is 6.07. The number of imide groups is 1. The zero-order chi connectivity index (χ0) is 22.7. The molecule has 1 heterocycles. The highest BCUT2D eigenvalue weighted by atomic mass is 19.3. The molecule has 162 valence electrons. The fourth-order valence-corrected chi connectivity index (χ4v) is 3.41. The molecule has 1 aliphatic rings. The Morgan fingerprint density at radius 2 is 1.56 bits per heavy atom. The number of hydrazone groups is 1. The highest BCUT2D eigenvalue weighted by Crippen LogP contribution is 2.30. The first kappa shape index (κ1) is 21.2. The van der Waals surface area contributed by atoms with E-state index in [4.69, 9.17) is 0 Å². The molecule has 1 atom stereocenters. The van der Waals surface area contributed by atoms with Crippen molar-refractivity contribution < 1.29 is 23.1 Å². The minimum Gasteiger partial charge on any atom is -0.435 e. The second-order valence-corrected chi connectivity index (χ2v) is 7.31. The van der Waals surface area contributed by atoms with E-state index in [0.29, 0.717) is 11.1 Å². The van der Waals surface area contributed by atoms with Crippen molar-refractivity contribution in [3.05, 3.63) is 90.0 Å². The number of hydrogen-bond acceptors (Lipinski definition) is 4. The van der Waals surface area contributed by atoms with Crippen LogP contribution >= 0.6 is 0 Å². The Morgan fingerprint density at radius 1 is 0.938 bits per heavy atom. The zero-order valence-electron chi connectivity index (χ0n) is 17.0. The van der Waals surface area contributed by atoms with Gasteiger partial charge in [-0.1, -0.05) is 66.7 Å². The number of alkyl halides is 2. The van der Waals surface area contributed by atoms with Crippen LogP contribution in [0.2, 0.25) is 0 Å². The first-order chi connectivity index (χ1) is 15.4. The summed E-state index contributed by atoms with van der Waals surface area (Å²) < 4.78 is 29.0. The summed E-state index contributed by atoms with van der Waals surface area (Å²) in [5, 5.41) is 7.43. The Kier molecular flexibility index (Phi) is 5.68. The van der Waals surface area contributed by atoms with Gasteiger partial charge in [0.1, 0.15) is 11.3 Å². The smallest absolute Gasteiger partial charge is 0.387 e. The molecule has 0 aliphatic carbocycles. The lowest BCUT2D eigenvalue weighted by Crippen LogP contribution is -2.40. The van der Waals surface area contributed by atoms with Crippen molar-refractivity contribution in [3.63, 3.8) is 0 Å². The van der Waals surface area contributed by atoms with E-state index in [-0.39, 0.29) is 5.75 Å². The van der Waals surface area contributed by atoms with Crippen LogP contribution in [0.5, 0.6) is 5.75 Å². The summed E-state index contributed by atoms with van der Waals surface area (Å²) in [6.07, 6.45) is 1.43. The molecule has 3 aromatic carbocycles. The monoisotopic (exact) mass is 435 g/mol. The van der Waals surface area contributed by atoms with Gasteiger partial charge in [0.25, 0.3) is 5.91 Å². The average Bonchev–Trinajstić information content (AvgIpc) is 3.02. The van der Waals surface area contributed by atoms with Gasteiger partial charge in [0, 0.05) is 0 Å². The predicted octanol–water partition coefficient (Wildman–Crippen LogP) is 4.76. The van der Waals surface area contributed by atoms with Gasteiger partial charge < -0.3 is 10.1 Å². The molecule has 1 N–H and O–H groups in total. The van der Waals surface area contributed by atoms with Crippen LogP contribution in [-0.4, -0.2) is 29.8 Å².